The van der Waals surface area contributed by atoms with Crippen LogP contribution in [0.1, 0.15) is 37.7 Å². The molecule has 4 heteroatoms. The number of hydrogen-bond acceptors (Lipinski definition) is 3. The zero-order valence-corrected chi connectivity index (χ0v) is 15.2. The summed E-state index contributed by atoms with van der Waals surface area (Å²) in [5.74, 6) is 2.18. The minimum atomic E-state index is 0.265. The first-order valence-electron chi connectivity index (χ1n) is 9.70. The van der Waals surface area contributed by atoms with Gasteiger partial charge in [0.1, 0.15) is 5.75 Å². The van der Waals surface area contributed by atoms with Crippen molar-refractivity contribution in [3.8, 4) is 5.75 Å². The van der Waals surface area contributed by atoms with Crippen LogP contribution in [-0.2, 0) is 16.0 Å². The number of rotatable bonds is 4. The van der Waals surface area contributed by atoms with Crippen LogP contribution < -0.4 is 4.74 Å². The Bertz CT molecular complexity index is 623. The lowest BCUT2D eigenvalue weighted by Crippen LogP contribution is -2.42. The molecular weight excluding hydrogens is 314 g/mol. The number of hydrogen-bond donors (Lipinski definition) is 0. The minimum absolute atomic E-state index is 0.265. The molecule has 1 aromatic carbocycles. The SMILES string of the molecule is COc1ccccc1C[C@H]1CCCN(C(=O)[C@H]2CC23CCOCC3)C1. The highest BCUT2D eigenvalue weighted by Crippen LogP contribution is 2.59. The van der Waals surface area contributed by atoms with E-state index in [1.807, 2.05) is 12.1 Å². The molecule has 2 atom stereocenters. The Morgan fingerprint density at radius 2 is 2.12 bits per heavy atom. The van der Waals surface area contributed by atoms with Gasteiger partial charge in [0.05, 0.1) is 7.11 Å². The van der Waals surface area contributed by atoms with Gasteiger partial charge in [0.2, 0.25) is 5.91 Å². The highest BCUT2D eigenvalue weighted by Gasteiger charge is 2.59. The highest BCUT2D eigenvalue weighted by molar-refractivity contribution is 5.82. The molecular formula is C21H29NO3. The van der Waals surface area contributed by atoms with Crippen LogP contribution in [0.3, 0.4) is 0 Å². The van der Waals surface area contributed by atoms with Crippen molar-refractivity contribution in [2.24, 2.45) is 17.3 Å². The number of para-hydroxylation sites is 1. The average molecular weight is 343 g/mol. The maximum atomic E-state index is 13.0. The van der Waals surface area contributed by atoms with E-state index in [2.05, 4.69) is 17.0 Å². The molecule has 2 saturated heterocycles. The van der Waals surface area contributed by atoms with Crippen LogP contribution in [0.2, 0.25) is 0 Å². The number of piperidine rings is 1. The van der Waals surface area contributed by atoms with Gasteiger partial charge in [0.15, 0.2) is 0 Å². The molecule has 4 nitrogen and oxygen atoms in total. The molecule has 136 valence electrons. The predicted molar refractivity (Wildman–Crippen MR) is 96.6 cm³/mol. The molecule has 1 aromatic rings. The lowest BCUT2D eigenvalue weighted by Gasteiger charge is -2.34. The van der Waals surface area contributed by atoms with Crippen molar-refractivity contribution < 1.29 is 14.3 Å². The highest BCUT2D eigenvalue weighted by atomic mass is 16.5. The Kier molecular flexibility index (Phi) is 4.72. The zero-order valence-electron chi connectivity index (χ0n) is 15.2. The third-order valence-electron chi connectivity index (χ3n) is 6.51. The van der Waals surface area contributed by atoms with Crippen LogP contribution in [0.25, 0.3) is 0 Å². The first kappa shape index (κ1) is 16.9. The maximum absolute atomic E-state index is 13.0. The monoisotopic (exact) mass is 343 g/mol. The molecule has 0 bridgehead atoms. The van der Waals surface area contributed by atoms with E-state index in [1.54, 1.807) is 7.11 Å². The van der Waals surface area contributed by atoms with E-state index < -0.39 is 0 Å². The minimum Gasteiger partial charge on any atom is -0.496 e. The summed E-state index contributed by atoms with van der Waals surface area (Å²) in [6.07, 6.45) is 6.55. The molecule has 0 radical (unpaired) electrons. The number of likely N-dealkylation sites (tertiary alicyclic amines) is 1. The van der Waals surface area contributed by atoms with Gasteiger partial charge in [-0.3, -0.25) is 4.79 Å². The maximum Gasteiger partial charge on any atom is 0.226 e. The lowest BCUT2D eigenvalue weighted by atomic mass is 9.89. The van der Waals surface area contributed by atoms with Crippen LogP contribution >= 0.6 is 0 Å². The fourth-order valence-corrected chi connectivity index (χ4v) is 4.86. The number of nitrogens with zero attached hydrogens (tertiary/aromatic N) is 1. The van der Waals surface area contributed by atoms with Crippen molar-refractivity contribution >= 4 is 5.91 Å². The molecule has 1 aliphatic carbocycles. The third kappa shape index (κ3) is 3.41. The lowest BCUT2D eigenvalue weighted by molar-refractivity contribution is -0.135. The van der Waals surface area contributed by atoms with Gasteiger partial charge in [0.25, 0.3) is 0 Å². The molecule has 0 unspecified atom stereocenters. The summed E-state index contributed by atoms with van der Waals surface area (Å²) in [5.41, 5.74) is 1.54. The number of carbonyl (C=O) groups is 1. The molecule has 3 aliphatic rings. The normalized spacial score (nSPS) is 28.0. The van der Waals surface area contributed by atoms with E-state index in [0.29, 0.717) is 11.8 Å². The van der Waals surface area contributed by atoms with E-state index in [4.69, 9.17) is 9.47 Å². The smallest absolute Gasteiger partial charge is 0.226 e. The van der Waals surface area contributed by atoms with Gasteiger partial charge in [-0.2, -0.15) is 0 Å². The van der Waals surface area contributed by atoms with Crippen molar-refractivity contribution in [2.45, 2.75) is 38.5 Å². The largest absolute Gasteiger partial charge is 0.496 e. The van der Waals surface area contributed by atoms with Crippen LogP contribution in [-0.4, -0.2) is 44.2 Å². The molecule has 0 aromatic heterocycles. The van der Waals surface area contributed by atoms with Crippen molar-refractivity contribution in [1.82, 2.24) is 4.90 Å². The van der Waals surface area contributed by atoms with Gasteiger partial charge in [-0.05, 0) is 61.5 Å². The van der Waals surface area contributed by atoms with Crippen molar-refractivity contribution in [3.05, 3.63) is 29.8 Å². The first-order chi connectivity index (χ1) is 12.2. The van der Waals surface area contributed by atoms with Crippen molar-refractivity contribution in [1.29, 1.82) is 0 Å². The van der Waals surface area contributed by atoms with Gasteiger partial charge < -0.3 is 14.4 Å². The third-order valence-corrected chi connectivity index (χ3v) is 6.51. The van der Waals surface area contributed by atoms with Gasteiger partial charge in [-0.15, -0.1) is 0 Å². The summed E-state index contributed by atoms with van der Waals surface area (Å²) >= 11 is 0. The number of amides is 1. The number of ether oxygens (including phenoxy) is 2. The molecule has 1 spiro atoms. The zero-order chi connectivity index (χ0) is 17.3. The molecule has 1 amide bonds. The second kappa shape index (κ2) is 6.99. The summed E-state index contributed by atoms with van der Waals surface area (Å²) in [4.78, 5) is 15.2. The Morgan fingerprint density at radius 1 is 1.32 bits per heavy atom. The fourth-order valence-electron chi connectivity index (χ4n) is 4.86. The molecule has 25 heavy (non-hydrogen) atoms. The fraction of sp³-hybridized carbons (Fsp3) is 0.667. The topological polar surface area (TPSA) is 38.8 Å². The Labute approximate surface area is 150 Å². The number of benzene rings is 1. The molecule has 2 heterocycles. The Hall–Kier alpha value is -1.55. The molecule has 1 saturated carbocycles. The van der Waals surface area contributed by atoms with Crippen LogP contribution in [0.4, 0.5) is 0 Å². The molecule has 4 rings (SSSR count). The first-order valence-corrected chi connectivity index (χ1v) is 9.70. The quantitative estimate of drug-likeness (QED) is 0.842. The van der Waals surface area contributed by atoms with Crippen LogP contribution in [0, 0.1) is 17.3 Å². The van der Waals surface area contributed by atoms with Gasteiger partial charge in [-0.1, -0.05) is 18.2 Å². The summed E-state index contributed by atoms with van der Waals surface area (Å²) < 4.78 is 11.0. The summed E-state index contributed by atoms with van der Waals surface area (Å²) in [6.45, 7) is 3.50. The van der Waals surface area contributed by atoms with Crippen LogP contribution in [0.5, 0.6) is 5.75 Å². The molecule has 2 aliphatic heterocycles. The van der Waals surface area contributed by atoms with E-state index in [0.717, 1.165) is 64.2 Å². The standard InChI is InChI=1S/C21H29NO3/c1-24-19-7-3-2-6-17(19)13-16-5-4-10-22(15-16)20(23)18-14-21(18)8-11-25-12-9-21/h2-3,6-7,16,18H,4-5,8-15H2,1H3/t16-,18-/m1/s1. The van der Waals surface area contributed by atoms with Gasteiger partial charge in [0, 0.05) is 32.2 Å². The van der Waals surface area contributed by atoms with Gasteiger partial charge >= 0.3 is 0 Å². The summed E-state index contributed by atoms with van der Waals surface area (Å²) in [7, 11) is 1.73. The van der Waals surface area contributed by atoms with Crippen LogP contribution in [0.15, 0.2) is 24.3 Å². The van der Waals surface area contributed by atoms with E-state index in [9.17, 15) is 4.79 Å². The average Bonchev–Trinajstić information content (AvgIpc) is 3.35. The number of methoxy groups -OCH3 is 1. The second-order valence-electron chi connectivity index (χ2n) is 8.04. The van der Waals surface area contributed by atoms with Gasteiger partial charge in [-0.25, -0.2) is 0 Å². The Balaban J connectivity index is 1.37. The van der Waals surface area contributed by atoms with E-state index >= 15 is 0 Å². The molecule has 0 N–H and O–H groups in total. The summed E-state index contributed by atoms with van der Waals surface area (Å²) in [6, 6.07) is 8.26. The Morgan fingerprint density at radius 3 is 2.92 bits per heavy atom. The van der Waals surface area contributed by atoms with E-state index in [-0.39, 0.29) is 11.3 Å². The number of carbonyl (C=O) groups excluding carboxylic acids is 1. The van der Waals surface area contributed by atoms with E-state index in [1.165, 1.54) is 12.0 Å². The predicted octanol–water partition coefficient (Wildman–Crippen LogP) is 3.29. The molecule has 3 fully saturated rings. The second-order valence-corrected chi connectivity index (χ2v) is 8.04. The summed E-state index contributed by atoms with van der Waals surface area (Å²) in [5, 5.41) is 0. The van der Waals surface area contributed by atoms with Crippen molar-refractivity contribution in [3.63, 3.8) is 0 Å². The van der Waals surface area contributed by atoms with Crippen molar-refractivity contribution in [2.75, 3.05) is 33.4 Å².